The Labute approximate surface area is 134 Å². The molecular weight excluding hydrogens is 289 g/mol. The summed E-state index contributed by atoms with van der Waals surface area (Å²) < 4.78 is 0. The number of rotatable bonds is 10. The first kappa shape index (κ1) is 17.8. The molecule has 1 aromatic carbocycles. The summed E-state index contributed by atoms with van der Waals surface area (Å²) >= 11 is 12.4. The zero-order valence-electron chi connectivity index (χ0n) is 12.7. The van der Waals surface area contributed by atoms with Crippen molar-refractivity contribution in [1.82, 2.24) is 5.32 Å². The maximum absolute atomic E-state index is 6.33. The molecule has 1 nitrogen and oxygen atoms in total. The predicted octanol–water partition coefficient (Wildman–Crippen LogP) is 6.39. The summed E-state index contributed by atoms with van der Waals surface area (Å²) in [6, 6.07) is 6.08. The van der Waals surface area contributed by atoms with Gasteiger partial charge in [0.25, 0.3) is 0 Å². The summed E-state index contributed by atoms with van der Waals surface area (Å²) in [5.41, 5.74) is 1.14. The van der Waals surface area contributed by atoms with Crippen molar-refractivity contribution in [3.8, 4) is 0 Å². The van der Waals surface area contributed by atoms with E-state index in [0.29, 0.717) is 6.04 Å². The molecular formula is C17H27Cl2N. The Hall–Kier alpha value is -0.240. The first-order chi connectivity index (χ1) is 9.69. The van der Waals surface area contributed by atoms with Crippen LogP contribution in [-0.4, -0.2) is 6.54 Å². The van der Waals surface area contributed by atoms with Crippen molar-refractivity contribution in [2.45, 2.75) is 64.8 Å². The molecule has 0 aliphatic rings. The Morgan fingerprint density at radius 2 is 1.75 bits per heavy atom. The molecule has 1 rings (SSSR count). The number of halogens is 2. The number of unbranched alkanes of at least 4 members (excludes halogenated alkanes) is 4. The predicted molar refractivity (Wildman–Crippen MR) is 90.9 cm³/mol. The van der Waals surface area contributed by atoms with E-state index in [2.05, 4.69) is 19.2 Å². The number of nitrogens with one attached hydrogen (secondary N) is 1. The van der Waals surface area contributed by atoms with Crippen LogP contribution >= 0.6 is 23.2 Å². The smallest absolute Gasteiger partial charge is 0.0454 e. The Kier molecular flexibility index (Phi) is 9.33. The van der Waals surface area contributed by atoms with Gasteiger partial charge in [-0.2, -0.15) is 0 Å². The third-order valence-electron chi connectivity index (χ3n) is 3.57. The Morgan fingerprint density at radius 3 is 2.45 bits per heavy atom. The van der Waals surface area contributed by atoms with E-state index in [1.54, 1.807) is 0 Å². The third-order valence-corrected chi connectivity index (χ3v) is 4.15. The second-order valence-electron chi connectivity index (χ2n) is 5.38. The fourth-order valence-electron chi connectivity index (χ4n) is 2.42. The van der Waals surface area contributed by atoms with Crippen LogP contribution in [0.25, 0.3) is 0 Å². The molecule has 1 N–H and O–H groups in total. The van der Waals surface area contributed by atoms with Gasteiger partial charge in [0.1, 0.15) is 0 Å². The SMILES string of the molecule is CCCCCCCC(NCCC)c1cc(Cl)ccc1Cl. The van der Waals surface area contributed by atoms with Crippen molar-refractivity contribution in [1.29, 1.82) is 0 Å². The quantitative estimate of drug-likeness (QED) is 0.493. The van der Waals surface area contributed by atoms with Gasteiger partial charge in [-0.15, -0.1) is 0 Å². The first-order valence-corrected chi connectivity index (χ1v) is 8.63. The highest BCUT2D eigenvalue weighted by molar-refractivity contribution is 6.33. The molecule has 3 heteroatoms. The fourth-order valence-corrected chi connectivity index (χ4v) is 2.85. The highest BCUT2D eigenvalue weighted by Gasteiger charge is 2.14. The molecule has 0 bridgehead atoms. The summed E-state index contributed by atoms with van der Waals surface area (Å²) in [6.07, 6.45) is 8.76. The fraction of sp³-hybridized carbons (Fsp3) is 0.647. The van der Waals surface area contributed by atoms with Crippen LogP contribution in [0.5, 0.6) is 0 Å². The zero-order chi connectivity index (χ0) is 14.8. The lowest BCUT2D eigenvalue weighted by atomic mass is 9.99. The summed E-state index contributed by atoms with van der Waals surface area (Å²) in [4.78, 5) is 0. The largest absolute Gasteiger partial charge is 0.310 e. The van der Waals surface area contributed by atoms with Crippen molar-refractivity contribution >= 4 is 23.2 Å². The summed E-state index contributed by atoms with van der Waals surface area (Å²) in [6.45, 7) is 5.45. The second-order valence-corrected chi connectivity index (χ2v) is 6.22. The molecule has 0 spiro atoms. The molecule has 0 saturated heterocycles. The van der Waals surface area contributed by atoms with Gasteiger partial charge in [-0.1, -0.05) is 69.2 Å². The van der Waals surface area contributed by atoms with E-state index in [9.17, 15) is 0 Å². The average Bonchev–Trinajstić information content (AvgIpc) is 2.45. The van der Waals surface area contributed by atoms with Crippen molar-refractivity contribution in [2.24, 2.45) is 0 Å². The molecule has 0 fully saturated rings. The minimum atomic E-state index is 0.322. The van der Waals surface area contributed by atoms with Crippen molar-refractivity contribution in [3.05, 3.63) is 33.8 Å². The van der Waals surface area contributed by atoms with Crippen LogP contribution in [0.3, 0.4) is 0 Å². The van der Waals surface area contributed by atoms with Crippen LogP contribution in [0, 0.1) is 0 Å². The van der Waals surface area contributed by atoms with E-state index in [4.69, 9.17) is 23.2 Å². The summed E-state index contributed by atoms with van der Waals surface area (Å²) in [5.74, 6) is 0. The van der Waals surface area contributed by atoms with Crippen LogP contribution in [-0.2, 0) is 0 Å². The lowest BCUT2D eigenvalue weighted by Crippen LogP contribution is -2.22. The molecule has 0 aliphatic heterocycles. The molecule has 114 valence electrons. The Morgan fingerprint density at radius 1 is 1.00 bits per heavy atom. The van der Waals surface area contributed by atoms with Gasteiger partial charge in [-0.3, -0.25) is 0 Å². The standard InChI is InChI=1S/C17H27Cl2N/c1-3-5-6-7-8-9-17(20-12-4-2)15-13-14(18)10-11-16(15)19/h10-11,13,17,20H,3-9,12H2,1-2H3. The molecule has 20 heavy (non-hydrogen) atoms. The molecule has 1 aromatic rings. The summed E-state index contributed by atoms with van der Waals surface area (Å²) in [7, 11) is 0. The summed E-state index contributed by atoms with van der Waals surface area (Å²) in [5, 5.41) is 5.18. The van der Waals surface area contributed by atoms with E-state index in [1.165, 1.54) is 32.1 Å². The van der Waals surface area contributed by atoms with Gasteiger partial charge in [0.2, 0.25) is 0 Å². The number of hydrogen-bond donors (Lipinski definition) is 1. The van der Waals surface area contributed by atoms with Crippen LogP contribution < -0.4 is 5.32 Å². The highest BCUT2D eigenvalue weighted by Crippen LogP contribution is 2.29. The first-order valence-electron chi connectivity index (χ1n) is 7.87. The van der Waals surface area contributed by atoms with E-state index in [1.807, 2.05) is 18.2 Å². The minimum absolute atomic E-state index is 0.322. The number of hydrogen-bond acceptors (Lipinski definition) is 1. The van der Waals surface area contributed by atoms with Crippen LogP contribution in [0.4, 0.5) is 0 Å². The van der Waals surface area contributed by atoms with Gasteiger partial charge in [0.05, 0.1) is 0 Å². The minimum Gasteiger partial charge on any atom is -0.310 e. The lowest BCUT2D eigenvalue weighted by molar-refractivity contribution is 0.468. The molecule has 0 heterocycles. The van der Waals surface area contributed by atoms with Gasteiger partial charge >= 0.3 is 0 Å². The van der Waals surface area contributed by atoms with Crippen LogP contribution in [0.1, 0.15) is 70.4 Å². The van der Waals surface area contributed by atoms with E-state index < -0.39 is 0 Å². The third kappa shape index (κ3) is 6.47. The topological polar surface area (TPSA) is 12.0 Å². The molecule has 0 aliphatic carbocycles. The second kappa shape index (κ2) is 10.5. The number of benzene rings is 1. The van der Waals surface area contributed by atoms with E-state index in [-0.39, 0.29) is 0 Å². The monoisotopic (exact) mass is 315 g/mol. The average molecular weight is 316 g/mol. The van der Waals surface area contributed by atoms with E-state index in [0.717, 1.165) is 35.0 Å². The van der Waals surface area contributed by atoms with Gasteiger partial charge in [0.15, 0.2) is 0 Å². The zero-order valence-corrected chi connectivity index (χ0v) is 14.2. The molecule has 0 radical (unpaired) electrons. The van der Waals surface area contributed by atoms with Gasteiger partial charge < -0.3 is 5.32 Å². The lowest BCUT2D eigenvalue weighted by Gasteiger charge is -2.20. The highest BCUT2D eigenvalue weighted by atomic mass is 35.5. The Bertz CT molecular complexity index is 379. The molecule has 0 aromatic heterocycles. The molecule has 1 unspecified atom stereocenters. The maximum atomic E-state index is 6.33. The maximum Gasteiger partial charge on any atom is 0.0454 e. The van der Waals surface area contributed by atoms with Crippen molar-refractivity contribution in [3.63, 3.8) is 0 Å². The Balaban J connectivity index is 2.60. The normalized spacial score (nSPS) is 12.6. The van der Waals surface area contributed by atoms with Gasteiger partial charge in [0, 0.05) is 16.1 Å². The molecule has 0 saturated carbocycles. The van der Waals surface area contributed by atoms with Crippen LogP contribution in [0.15, 0.2) is 18.2 Å². The van der Waals surface area contributed by atoms with Crippen molar-refractivity contribution in [2.75, 3.05) is 6.54 Å². The molecule has 0 amide bonds. The van der Waals surface area contributed by atoms with Gasteiger partial charge in [-0.25, -0.2) is 0 Å². The van der Waals surface area contributed by atoms with Crippen molar-refractivity contribution < 1.29 is 0 Å². The van der Waals surface area contributed by atoms with Crippen LogP contribution in [0.2, 0.25) is 10.0 Å². The van der Waals surface area contributed by atoms with Gasteiger partial charge in [-0.05, 0) is 43.1 Å². The molecule has 1 atom stereocenters. The van der Waals surface area contributed by atoms with E-state index >= 15 is 0 Å².